The molecule has 0 saturated heterocycles. The maximum atomic E-state index is 11.3. The van der Waals surface area contributed by atoms with E-state index in [4.69, 9.17) is 4.55 Å². The molecule has 3 aromatic rings. The van der Waals surface area contributed by atoms with Crippen LogP contribution in [0.3, 0.4) is 0 Å². The molecule has 0 radical (unpaired) electrons. The third-order valence-electron chi connectivity index (χ3n) is 4.06. The lowest BCUT2D eigenvalue weighted by Crippen LogP contribution is -2.02. The minimum absolute atomic E-state index is 0.00806. The van der Waals surface area contributed by atoms with Crippen LogP contribution in [0.4, 0.5) is 0 Å². The molecule has 0 heterocycles. The van der Waals surface area contributed by atoms with Crippen molar-refractivity contribution in [3.05, 3.63) is 71.3 Å². The molecule has 3 aromatic carbocycles. The van der Waals surface area contributed by atoms with Gasteiger partial charge >= 0.3 is 0 Å². The van der Waals surface area contributed by atoms with Gasteiger partial charge in [-0.3, -0.25) is 9.11 Å². The van der Waals surface area contributed by atoms with Gasteiger partial charge in [-0.25, -0.2) is 0 Å². The van der Waals surface area contributed by atoms with E-state index in [1.807, 2.05) is 19.1 Å². The first-order valence-corrected chi connectivity index (χ1v) is 10.8. The molecule has 2 N–H and O–H groups in total. The highest BCUT2D eigenvalue weighted by atomic mass is 32.2. The zero-order valence-electron chi connectivity index (χ0n) is 15.0. The molecule has 0 atom stereocenters. The van der Waals surface area contributed by atoms with E-state index in [0.29, 0.717) is 16.5 Å². The molecule has 3 rings (SSSR count). The Bertz CT molecular complexity index is 1200. The van der Waals surface area contributed by atoms with Gasteiger partial charge in [-0.15, -0.1) is 0 Å². The Kier molecular flexibility index (Phi) is 6.06. The van der Waals surface area contributed by atoms with Crippen molar-refractivity contribution in [1.29, 1.82) is 0 Å². The van der Waals surface area contributed by atoms with E-state index < -0.39 is 20.2 Å². The van der Waals surface area contributed by atoms with Crippen LogP contribution in [0.15, 0.2) is 64.4 Å². The first kappa shape index (κ1) is 21.0. The maximum Gasteiger partial charge on any atom is 0.295 e. The van der Waals surface area contributed by atoms with E-state index in [1.165, 1.54) is 6.07 Å². The highest BCUT2D eigenvalue weighted by molar-refractivity contribution is 7.86. The summed E-state index contributed by atoms with van der Waals surface area (Å²) in [6.45, 7) is 5.21. The van der Waals surface area contributed by atoms with Crippen molar-refractivity contribution >= 4 is 31.0 Å². The average Bonchev–Trinajstić information content (AvgIpc) is 2.53. The number of hydrogen-bond acceptors (Lipinski definition) is 4. The van der Waals surface area contributed by atoms with Crippen molar-refractivity contribution in [3.8, 4) is 0 Å². The summed E-state index contributed by atoms with van der Waals surface area (Å²) in [5.74, 6) is 0. The summed E-state index contributed by atoms with van der Waals surface area (Å²) in [5.41, 5.74) is 2.10. The SMILES string of the molecule is Cc1ccc2c(C)cccc2c1S(=O)(=O)O.Cc1ccccc1S(=O)(=O)O. The van der Waals surface area contributed by atoms with Crippen LogP contribution < -0.4 is 0 Å². The Morgan fingerprint density at radius 1 is 0.593 bits per heavy atom. The van der Waals surface area contributed by atoms with Crippen molar-refractivity contribution < 1.29 is 25.9 Å². The zero-order valence-corrected chi connectivity index (χ0v) is 16.7. The van der Waals surface area contributed by atoms with Crippen molar-refractivity contribution in [2.45, 2.75) is 30.6 Å². The molecule has 8 heteroatoms. The molecule has 0 amide bonds. The molecule has 6 nitrogen and oxygen atoms in total. The van der Waals surface area contributed by atoms with Gasteiger partial charge < -0.3 is 0 Å². The Balaban J connectivity index is 0.000000208. The van der Waals surface area contributed by atoms with Crippen LogP contribution in [0, 0.1) is 20.8 Å². The van der Waals surface area contributed by atoms with Gasteiger partial charge in [0.05, 0.1) is 4.90 Å². The quantitative estimate of drug-likeness (QED) is 0.622. The fraction of sp³-hybridized carbons (Fsp3) is 0.158. The second kappa shape index (κ2) is 7.77. The van der Waals surface area contributed by atoms with Gasteiger partial charge in [0.1, 0.15) is 4.90 Å². The topological polar surface area (TPSA) is 109 Å². The highest BCUT2D eigenvalue weighted by Crippen LogP contribution is 2.28. The zero-order chi connectivity index (χ0) is 20.4. The van der Waals surface area contributed by atoms with Crippen molar-refractivity contribution in [2.75, 3.05) is 0 Å². The molecule has 0 aromatic heterocycles. The van der Waals surface area contributed by atoms with Crippen LogP contribution in [-0.2, 0) is 20.2 Å². The van der Waals surface area contributed by atoms with Gasteiger partial charge in [0, 0.05) is 5.39 Å². The van der Waals surface area contributed by atoms with E-state index in [9.17, 15) is 21.4 Å². The number of fused-ring (bicyclic) bond motifs is 1. The third-order valence-corrected chi connectivity index (χ3v) is 6.13. The lowest BCUT2D eigenvalue weighted by Gasteiger charge is -2.08. The van der Waals surface area contributed by atoms with E-state index in [2.05, 4.69) is 0 Å². The number of benzene rings is 3. The molecule has 144 valence electrons. The van der Waals surface area contributed by atoms with Gasteiger partial charge in [-0.1, -0.05) is 48.5 Å². The van der Waals surface area contributed by atoms with Crippen LogP contribution >= 0.6 is 0 Å². The Hall–Kier alpha value is -2.26. The summed E-state index contributed by atoms with van der Waals surface area (Å²) in [7, 11) is -8.21. The predicted molar refractivity (Wildman–Crippen MR) is 104 cm³/mol. The predicted octanol–water partition coefficient (Wildman–Crippen LogP) is 3.95. The second-order valence-electron chi connectivity index (χ2n) is 6.10. The summed E-state index contributed by atoms with van der Waals surface area (Å²) >= 11 is 0. The largest absolute Gasteiger partial charge is 0.295 e. The monoisotopic (exact) mass is 408 g/mol. The molecule has 0 spiro atoms. The van der Waals surface area contributed by atoms with E-state index >= 15 is 0 Å². The van der Waals surface area contributed by atoms with Crippen LogP contribution in [-0.4, -0.2) is 25.9 Å². The van der Waals surface area contributed by atoms with Crippen molar-refractivity contribution in [1.82, 2.24) is 0 Å². The highest BCUT2D eigenvalue weighted by Gasteiger charge is 2.17. The minimum atomic E-state index is -4.18. The normalized spacial score (nSPS) is 11.7. The molecular weight excluding hydrogens is 388 g/mol. The van der Waals surface area contributed by atoms with Crippen molar-refractivity contribution in [3.63, 3.8) is 0 Å². The van der Waals surface area contributed by atoms with Crippen LogP contribution in [0.2, 0.25) is 0 Å². The molecule has 27 heavy (non-hydrogen) atoms. The summed E-state index contributed by atoms with van der Waals surface area (Å²) in [6.07, 6.45) is 0. The Labute approximate surface area is 159 Å². The van der Waals surface area contributed by atoms with E-state index in [0.717, 1.165) is 10.9 Å². The van der Waals surface area contributed by atoms with E-state index in [1.54, 1.807) is 50.2 Å². The summed E-state index contributed by atoms with van der Waals surface area (Å²) in [4.78, 5) is -0.0197. The molecular formula is C19H20O6S2. The Morgan fingerprint density at radius 2 is 1.19 bits per heavy atom. The first-order chi connectivity index (χ1) is 12.4. The van der Waals surface area contributed by atoms with Gasteiger partial charge in [0.2, 0.25) is 0 Å². The number of rotatable bonds is 2. The summed E-state index contributed by atoms with van der Waals surface area (Å²) < 4.78 is 61.8. The standard InChI is InChI=1S/C12H12O3S.C7H8O3S/c1-8-4-3-5-11-10(8)7-6-9(2)12(11)16(13,14)15;1-6-4-2-3-5-7(6)11(8,9)10/h3-7H,1-2H3,(H,13,14,15);2-5H,1H3,(H,8,9,10). The molecule has 0 aliphatic heterocycles. The molecule has 0 aliphatic carbocycles. The molecule has 0 saturated carbocycles. The second-order valence-corrected chi connectivity index (χ2v) is 8.85. The van der Waals surface area contributed by atoms with Gasteiger partial charge in [0.15, 0.2) is 0 Å². The minimum Gasteiger partial charge on any atom is -0.282 e. The fourth-order valence-electron chi connectivity index (χ4n) is 2.78. The van der Waals surface area contributed by atoms with E-state index in [-0.39, 0.29) is 9.79 Å². The first-order valence-electron chi connectivity index (χ1n) is 7.92. The average molecular weight is 408 g/mol. The molecule has 0 bridgehead atoms. The van der Waals surface area contributed by atoms with Gasteiger partial charge in [-0.2, -0.15) is 16.8 Å². The number of hydrogen-bond donors (Lipinski definition) is 2. The number of aryl methyl sites for hydroxylation is 3. The lowest BCUT2D eigenvalue weighted by molar-refractivity contribution is 0.480. The lowest BCUT2D eigenvalue weighted by atomic mass is 10.0. The molecule has 0 unspecified atom stereocenters. The summed E-state index contributed by atoms with van der Waals surface area (Å²) in [6, 6.07) is 15.2. The van der Waals surface area contributed by atoms with Crippen LogP contribution in [0.25, 0.3) is 10.8 Å². The third kappa shape index (κ3) is 4.92. The van der Waals surface area contributed by atoms with Crippen LogP contribution in [0.1, 0.15) is 16.7 Å². The van der Waals surface area contributed by atoms with Gasteiger partial charge in [-0.05, 0) is 48.9 Å². The molecule has 0 aliphatic rings. The van der Waals surface area contributed by atoms with Crippen LogP contribution in [0.5, 0.6) is 0 Å². The summed E-state index contributed by atoms with van der Waals surface area (Å²) in [5, 5.41) is 1.42. The maximum absolute atomic E-state index is 11.3. The Morgan fingerprint density at radius 3 is 1.70 bits per heavy atom. The van der Waals surface area contributed by atoms with Gasteiger partial charge in [0.25, 0.3) is 20.2 Å². The smallest absolute Gasteiger partial charge is 0.282 e. The molecule has 0 fully saturated rings. The fourth-order valence-corrected chi connectivity index (χ4v) is 4.44. The van der Waals surface area contributed by atoms with Crippen molar-refractivity contribution in [2.24, 2.45) is 0 Å².